The van der Waals surface area contributed by atoms with Crippen molar-refractivity contribution in [2.45, 2.75) is 52.6 Å². The Labute approximate surface area is 176 Å². The van der Waals surface area contributed by atoms with Crippen LogP contribution in [0.5, 0.6) is 11.5 Å². The Bertz CT molecular complexity index is 934. The summed E-state index contributed by atoms with van der Waals surface area (Å²) in [6.07, 6.45) is 4.03. The first kappa shape index (κ1) is 20.1. The maximum atomic E-state index is 13.1. The molecule has 1 aromatic carbocycles. The van der Waals surface area contributed by atoms with Crippen LogP contribution in [0.4, 0.5) is 5.00 Å². The molecule has 29 heavy (non-hydrogen) atoms. The number of fused-ring (bicyclic) bond motifs is 3. The van der Waals surface area contributed by atoms with Gasteiger partial charge < -0.3 is 20.1 Å². The number of methoxy groups -OCH3 is 2. The lowest BCUT2D eigenvalue weighted by Crippen LogP contribution is -2.38. The van der Waals surface area contributed by atoms with Gasteiger partial charge in [-0.3, -0.25) is 4.79 Å². The first-order valence-electron chi connectivity index (χ1n) is 10.3. The first-order valence-corrected chi connectivity index (χ1v) is 11.1. The Hall–Kier alpha value is -2.21. The minimum absolute atomic E-state index is 0.000625. The van der Waals surface area contributed by atoms with Crippen molar-refractivity contribution in [2.75, 3.05) is 19.5 Å². The van der Waals surface area contributed by atoms with Gasteiger partial charge in [0.2, 0.25) is 0 Å². The molecule has 1 aliphatic heterocycles. The van der Waals surface area contributed by atoms with Crippen LogP contribution < -0.4 is 20.1 Å². The van der Waals surface area contributed by atoms with Crippen molar-refractivity contribution in [1.82, 2.24) is 5.32 Å². The lowest BCUT2D eigenvalue weighted by molar-refractivity contribution is 0.0934. The summed E-state index contributed by atoms with van der Waals surface area (Å²) in [5.74, 6) is 2.12. The molecule has 2 N–H and O–H groups in total. The van der Waals surface area contributed by atoms with Gasteiger partial charge in [0.05, 0.1) is 19.8 Å². The lowest BCUT2D eigenvalue weighted by Gasteiger charge is -2.36. The van der Waals surface area contributed by atoms with E-state index in [0.29, 0.717) is 11.3 Å². The maximum absolute atomic E-state index is 13.1. The number of thiophene rings is 1. The van der Waals surface area contributed by atoms with Crippen LogP contribution in [0.15, 0.2) is 18.2 Å². The summed E-state index contributed by atoms with van der Waals surface area (Å²) in [5, 5.41) is 7.65. The largest absolute Gasteiger partial charge is 0.497 e. The number of hydrogen-bond donors (Lipinski definition) is 2. The monoisotopic (exact) mass is 414 g/mol. The van der Waals surface area contributed by atoms with Gasteiger partial charge in [-0.2, -0.15) is 0 Å². The molecule has 2 heterocycles. The van der Waals surface area contributed by atoms with E-state index in [-0.39, 0.29) is 12.1 Å². The van der Waals surface area contributed by atoms with Crippen molar-refractivity contribution in [3.63, 3.8) is 0 Å². The van der Waals surface area contributed by atoms with Gasteiger partial charge in [-0.15, -0.1) is 11.3 Å². The van der Waals surface area contributed by atoms with Crippen LogP contribution in [-0.2, 0) is 12.8 Å². The van der Waals surface area contributed by atoms with E-state index in [9.17, 15) is 4.79 Å². The minimum Gasteiger partial charge on any atom is -0.497 e. The number of nitrogens with one attached hydrogen (secondary N) is 2. The van der Waals surface area contributed by atoms with Gasteiger partial charge >= 0.3 is 0 Å². The van der Waals surface area contributed by atoms with Crippen molar-refractivity contribution in [3.8, 4) is 11.5 Å². The molecule has 0 unspecified atom stereocenters. The van der Waals surface area contributed by atoms with Gasteiger partial charge in [0.15, 0.2) is 0 Å². The normalized spacial score (nSPS) is 20.9. The Kier molecular flexibility index (Phi) is 5.23. The van der Waals surface area contributed by atoms with Crippen molar-refractivity contribution in [2.24, 2.45) is 11.3 Å². The number of ether oxygens (including phenoxy) is 2. The summed E-state index contributed by atoms with van der Waals surface area (Å²) in [4.78, 5) is 14.4. The second kappa shape index (κ2) is 7.56. The second-order valence-corrected chi connectivity index (χ2v) is 9.75. The fourth-order valence-electron chi connectivity index (χ4n) is 4.47. The second-order valence-electron chi connectivity index (χ2n) is 8.65. The van der Waals surface area contributed by atoms with E-state index in [4.69, 9.17) is 9.47 Å². The zero-order chi connectivity index (χ0) is 20.8. The molecule has 0 saturated carbocycles. The van der Waals surface area contributed by atoms with E-state index < -0.39 is 0 Å². The van der Waals surface area contributed by atoms with Gasteiger partial charge in [0.1, 0.15) is 22.7 Å². The molecule has 1 aromatic heterocycles. The Morgan fingerprint density at radius 1 is 1.21 bits per heavy atom. The number of benzene rings is 1. The predicted molar refractivity (Wildman–Crippen MR) is 117 cm³/mol. The minimum atomic E-state index is -0.344. The number of anilines is 1. The highest BCUT2D eigenvalue weighted by Crippen LogP contribution is 2.47. The molecule has 0 saturated heterocycles. The highest BCUT2D eigenvalue weighted by Gasteiger charge is 2.37. The van der Waals surface area contributed by atoms with E-state index in [1.54, 1.807) is 25.6 Å². The molecular weight excluding hydrogens is 384 g/mol. The standard InChI is InChI=1S/C23H30N2O3S/c1-6-23(2,3)13-7-9-15-18(11-13)29-22-19(15)21(26)24-20(25-22)16-12-14(27-4)8-10-17(16)28-5/h8,10,12-13,20,25H,6-7,9,11H2,1-5H3,(H,24,26)/t13-,20-/m1/s1. The molecule has 6 heteroatoms. The Morgan fingerprint density at radius 2 is 2.00 bits per heavy atom. The van der Waals surface area contributed by atoms with Crippen molar-refractivity contribution >= 4 is 22.2 Å². The van der Waals surface area contributed by atoms with Gasteiger partial charge in [-0.05, 0) is 54.4 Å². The van der Waals surface area contributed by atoms with Crippen molar-refractivity contribution in [3.05, 3.63) is 39.8 Å². The SMILES string of the molecule is CCC(C)(C)[C@@H]1CCc2c(sc3c2C(=O)N[C@@H](c2cc(OC)ccc2OC)N3)C1. The molecule has 2 aromatic rings. The maximum Gasteiger partial charge on any atom is 0.256 e. The molecule has 5 nitrogen and oxygen atoms in total. The van der Waals surface area contributed by atoms with Gasteiger partial charge in [0, 0.05) is 10.4 Å². The third kappa shape index (κ3) is 3.48. The lowest BCUT2D eigenvalue weighted by atomic mass is 9.69. The van der Waals surface area contributed by atoms with E-state index in [0.717, 1.165) is 46.9 Å². The average molecular weight is 415 g/mol. The molecule has 2 atom stereocenters. The van der Waals surface area contributed by atoms with Gasteiger partial charge in [0.25, 0.3) is 5.91 Å². The number of carbonyl (C=O) groups is 1. The van der Waals surface area contributed by atoms with E-state index in [1.165, 1.54) is 16.9 Å². The average Bonchev–Trinajstić information content (AvgIpc) is 3.11. The quantitative estimate of drug-likeness (QED) is 0.709. The smallest absolute Gasteiger partial charge is 0.256 e. The molecule has 2 aliphatic rings. The summed E-state index contributed by atoms with van der Waals surface area (Å²) in [6, 6.07) is 5.64. The summed E-state index contributed by atoms with van der Waals surface area (Å²) < 4.78 is 10.9. The van der Waals surface area contributed by atoms with Crippen molar-refractivity contribution in [1.29, 1.82) is 0 Å². The first-order chi connectivity index (χ1) is 13.9. The summed E-state index contributed by atoms with van der Waals surface area (Å²) in [7, 11) is 3.28. The number of hydrogen-bond acceptors (Lipinski definition) is 5. The summed E-state index contributed by atoms with van der Waals surface area (Å²) in [5.41, 5.74) is 3.28. The molecule has 0 fully saturated rings. The zero-order valence-electron chi connectivity index (χ0n) is 17.8. The predicted octanol–water partition coefficient (Wildman–Crippen LogP) is 5.16. The van der Waals surface area contributed by atoms with Crippen LogP contribution in [0.1, 0.15) is 66.1 Å². The molecule has 0 spiro atoms. The number of rotatable bonds is 5. The zero-order valence-corrected chi connectivity index (χ0v) is 18.7. The highest BCUT2D eigenvalue weighted by molar-refractivity contribution is 7.16. The molecule has 1 amide bonds. The molecule has 1 aliphatic carbocycles. The van der Waals surface area contributed by atoms with Crippen LogP contribution in [0.2, 0.25) is 0 Å². The number of carbonyl (C=O) groups excluding carboxylic acids is 1. The van der Waals surface area contributed by atoms with Gasteiger partial charge in [-0.25, -0.2) is 0 Å². The molecule has 156 valence electrons. The van der Waals surface area contributed by atoms with Crippen molar-refractivity contribution < 1.29 is 14.3 Å². The topological polar surface area (TPSA) is 59.6 Å². The molecular formula is C23H30N2O3S. The van der Waals surface area contributed by atoms with E-state index in [1.807, 2.05) is 18.2 Å². The van der Waals surface area contributed by atoms with Crippen LogP contribution in [0, 0.1) is 11.3 Å². The third-order valence-corrected chi connectivity index (χ3v) is 7.99. The van der Waals surface area contributed by atoms with Crippen LogP contribution in [0.3, 0.4) is 0 Å². The van der Waals surface area contributed by atoms with Crippen LogP contribution in [0.25, 0.3) is 0 Å². The molecule has 0 bridgehead atoms. The van der Waals surface area contributed by atoms with Crippen LogP contribution >= 0.6 is 11.3 Å². The molecule has 0 radical (unpaired) electrons. The Morgan fingerprint density at radius 3 is 2.69 bits per heavy atom. The molecule has 4 rings (SSSR count). The number of amides is 1. The van der Waals surface area contributed by atoms with E-state index >= 15 is 0 Å². The van der Waals surface area contributed by atoms with E-state index in [2.05, 4.69) is 31.4 Å². The highest BCUT2D eigenvalue weighted by atomic mass is 32.1. The summed E-state index contributed by atoms with van der Waals surface area (Å²) in [6.45, 7) is 7.01. The Balaban J connectivity index is 1.66. The van der Waals surface area contributed by atoms with Crippen LogP contribution in [-0.4, -0.2) is 20.1 Å². The fourth-order valence-corrected chi connectivity index (χ4v) is 5.83. The van der Waals surface area contributed by atoms with Gasteiger partial charge in [-0.1, -0.05) is 27.2 Å². The third-order valence-electron chi connectivity index (χ3n) is 6.81. The fraction of sp³-hybridized carbons (Fsp3) is 0.522. The summed E-state index contributed by atoms with van der Waals surface area (Å²) >= 11 is 1.75.